The van der Waals surface area contributed by atoms with Crippen LogP contribution >= 0.6 is 0 Å². The second-order valence-corrected chi connectivity index (χ2v) is 11.9. The molecule has 10 nitrogen and oxygen atoms in total. The number of rotatable bonds is 13. The topological polar surface area (TPSA) is 116 Å². The Morgan fingerprint density at radius 3 is 1.93 bits per heavy atom. The largest absolute Gasteiger partial charge is 0.491 e. The predicted octanol–water partition coefficient (Wildman–Crippen LogP) is 5.62. The number of carbonyl (C=O) groups is 1. The van der Waals surface area contributed by atoms with Crippen molar-refractivity contribution in [2.24, 2.45) is 10.2 Å². The van der Waals surface area contributed by atoms with Crippen molar-refractivity contribution in [1.82, 2.24) is 0 Å². The van der Waals surface area contributed by atoms with E-state index in [1.165, 1.54) is 17.0 Å². The summed E-state index contributed by atoms with van der Waals surface area (Å²) >= 11 is 0. The zero-order valence-corrected chi connectivity index (χ0v) is 25.3. The van der Waals surface area contributed by atoms with E-state index in [1.54, 1.807) is 31.6 Å². The molecule has 0 N–H and O–H groups in total. The zero-order valence-electron chi connectivity index (χ0n) is 24.5. The van der Waals surface area contributed by atoms with Crippen molar-refractivity contribution in [3.8, 4) is 5.75 Å². The molecule has 0 saturated heterocycles. The Bertz CT molecular complexity index is 1450. The fourth-order valence-corrected chi connectivity index (χ4v) is 4.26. The van der Waals surface area contributed by atoms with Gasteiger partial charge in [-0.1, -0.05) is 29.8 Å². The molecule has 0 aliphatic heterocycles. The van der Waals surface area contributed by atoms with Gasteiger partial charge in [0.05, 0.1) is 37.1 Å². The highest BCUT2D eigenvalue weighted by atomic mass is 32.2. The highest BCUT2D eigenvalue weighted by Crippen LogP contribution is 2.17. The molecule has 0 radical (unpaired) electrons. The Morgan fingerprint density at radius 1 is 0.810 bits per heavy atom. The second kappa shape index (κ2) is 15.2. The van der Waals surface area contributed by atoms with Crippen molar-refractivity contribution < 1.29 is 31.6 Å². The molecule has 11 heteroatoms. The quantitative estimate of drug-likeness (QED) is 0.109. The number of benzene rings is 3. The first-order valence-corrected chi connectivity index (χ1v) is 14.7. The monoisotopic (exact) mass is 595 g/mol. The van der Waals surface area contributed by atoms with Gasteiger partial charge in [-0.05, 0) is 87.4 Å². The number of amides is 1. The maximum Gasteiger partial charge on any atom is 0.414 e. The van der Waals surface area contributed by atoms with E-state index in [0.29, 0.717) is 18.0 Å². The maximum absolute atomic E-state index is 12.2. The number of aryl methyl sites for hydroxylation is 1. The van der Waals surface area contributed by atoms with E-state index in [2.05, 4.69) is 10.2 Å². The summed E-state index contributed by atoms with van der Waals surface area (Å²) in [6.07, 6.45) is 2.82. The van der Waals surface area contributed by atoms with Gasteiger partial charge in [-0.15, -0.1) is 0 Å². The smallest absolute Gasteiger partial charge is 0.414 e. The number of nitrogens with zero attached hydrogens (tertiary/aromatic N) is 3. The first-order chi connectivity index (χ1) is 19.9. The highest BCUT2D eigenvalue weighted by Gasteiger charge is 2.20. The Balaban J connectivity index is 1.34. The molecular formula is C31H37N3O7S. The van der Waals surface area contributed by atoms with Gasteiger partial charge in [0, 0.05) is 12.7 Å². The van der Waals surface area contributed by atoms with Gasteiger partial charge in [-0.25, -0.2) is 4.79 Å². The predicted molar refractivity (Wildman–Crippen MR) is 163 cm³/mol. The van der Waals surface area contributed by atoms with Crippen LogP contribution in [-0.4, -0.2) is 66.0 Å². The van der Waals surface area contributed by atoms with Crippen molar-refractivity contribution in [3.05, 3.63) is 89.5 Å². The molecule has 0 aliphatic rings. The summed E-state index contributed by atoms with van der Waals surface area (Å²) in [4.78, 5) is 13.8. The van der Waals surface area contributed by atoms with Gasteiger partial charge in [-0.3, -0.25) is 9.08 Å². The van der Waals surface area contributed by atoms with Crippen molar-refractivity contribution in [3.63, 3.8) is 0 Å². The summed E-state index contributed by atoms with van der Waals surface area (Å²) < 4.78 is 45.7. The lowest BCUT2D eigenvalue weighted by Gasteiger charge is -2.24. The van der Waals surface area contributed by atoms with E-state index in [0.717, 1.165) is 16.7 Å². The molecule has 0 heterocycles. The van der Waals surface area contributed by atoms with Crippen molar-refractivity contribution >= 4 is 34.3 Å². The molecule has 0 atom stereocenters. The molecule has 42 heavy (non-hydrogen) atoms. The van der Waals surface area contributed by atoms with Crippen molar-refractivity contribution in [2.45, 2.75) is 38.2 Å². The minimum atomic E-state index is -3.80. The molecule has 0 fully saturated rings. The number of hydrogen-bond donors (Lipinski definition) is 0. The third kappa shape index (κ3) is 11.1. The van der Waals surface area contributed by atoms with Crippen LogP contribution < -0.4 is 9.64 Å². The van der Waals surface area contributed by atoms with Crippen molar-refractivity contribution in [2.75, 3.05) is 38.4 Å². The third-order valence-corrected chi connectivity index (χ3v) is 6.91. The number of hydrogen-bond acceptors (Lipinski definition) is 9. The van der Waals surface area contributed by atoms with Gasteiger partial charge in [0.1, 0.15) is 18.0 Å². The van der Waals surface area contributed by atoms with Crippen LogP contribution in [0.15, 0.2) is 87.9 Å². The fourth-order valence-electron chi connectivity index (χ4n) is 3.37. The Labute approximate surface area is 247 Å². The molecule has 0 aliphatic carbocycles. The molecule has 3 aromatic carbocycles. The lowest BCUT2D eigenvalue weighted by atomic mass is 10.2. The highest BCUT2D eigenvalue weighted by molar-refractivity contribution is 7.86. The summed E-state index contributed by atoms with van der Waals surface area (Å²) in [5.74, 6) is 0.661. The summed E-state index contributed by atoms with van der Waals surface area (Å²) in [6.45, 7) is 7.98. The first kappa shape index (κ1) is 32.5. The van der Waals surface area contributed by atoms with Gasteiger partial charge in [0.15, 0.2) is 0 Å². The maximum atomic E-state index is 12.2. The SMILES string of the molecule is Cc1ccc(S(=O)(=O)OCCOCCOc2ccc(/C=N/N=C/c3ccc(N(C)C(=O)OC(C)(C)C)cc3)cc2)cc1. The molecular weight excluding hydrogens is 558 g/mol. The lowest BCUT2D eigenvalue weighted by Crippen LogP contribution is -2.34. The van der Waals surface area contributed by atoms with E-state index < -0.39 is 21.8 Å². The van der Waals surface area contributed by atoms with Crippen LogP contribution in [0.5, 0.6) is 5.75 Å². The van der Waals surface area contributed by atoms with E-state index in [1.807, 2.05) is 76.2 Å². The van der Waals surface area contributed by atoms with Crippen LogP contribution in [0.3, 0.4) is 0 Å². The van der Waals surface area contributed by atoms with Crippen LogP contribution in [0.1, 0.15) is 37.5 Å². The van der Waals surface area contributed by atoms with E-state index in [-0.39, 0.29) is 24.7 Å². The number of ether oxygens (including phenoxy) is 3. The lowest BCUT2D eigenvalue weighted by molar-refractivity contribution is 0.0589. The summed E-state index contributed by atoms with van der Waals surface area (Å²) in [7, 11) is -2.14. The molecule has 0 saturated carbocycles. The molecule has 0 spiro atoms. The molecule has 0 aromatic heterocycles. The average Bonchev–Trinajstić information content (AvgIpc) is 2.95. The Hall–Kier alpha value is -4.06. The summed E-state index contributed by atoms with van der Waals surface area (Å²) in [5.41, 5.74) is 2.79. The van der Waals surface area contributed by atoms with E-state index >= 15 is 0 Å². The Kier molecular flexibility index (Phi) is 11.8. The first-order valence-electron chi connectivity index (χ1n) is 13.3. The molecule has 3 rings (SSSR count). The van der Waals surface area contributed by atoms with Gasteiger partial charge >= 0.3 is 6.09 Å². The van der Waals surface area contributed by atoms with Gasteiger partial charge in [-0.2, -0.15) is 18.6 Å². The Morgan fingerprint density at radius 2 is 1.36 bits per heavy atom. The summed E-state index contributed by atoms with van der Waals surface area (Å²) in [6, 6.07) is 21.1. The zero-order chi connectivity index (χ0) is 30.6. The van der Waals surface area contributed by atoms with Gasteiger partial charge in [0.2, 0.25) is 0 Å². The minimum Gasteiger partial charge on any atom is -0.491 e. The summed E-state index contributed by atoms with van der Waals surface area (Å²) in [5, 5.41) is 8.16. The van der Waals surface area contributed by atoms with Gasteiger partial charge < -0.3 is 14.2 Å². The minimum absolute atomic E-state index is 0.0799. The van der Waals surface area contributed by atoms with Crippen LogP contribution in [0.25, 0.3) is 0 Å². The molecule has 224 valence electrons. The normalized spacial score (nSPS) is 12.1. The number of carbonyl (C=O) groups excluding carboxylic acids is 1. The molecule has 0 unspecified atom stereocenters. The van der Waals surface area contributed by atoms with Crippen LogP contribution in [-0.2, 0) is 23.8 Å². The van der Waals surface area contributed by atoms with Crippen molar-refractivity contribution in [1.29, 1.82) is 0 Å². The van der Waals surface area contributed by atoms with Crippen LogP contribution in [0.4, 0.5) is 10.5 Å². The van der Waals surface area contributed by atoms with Gasteiger partial charge in [0.25, 0.3) is 10.1 Å². The number of anilines is 1. The molecule has 0 bridgehead atoms. The average molecular weight is 596 g/mol. The fraction of sp³-hybridized carbons (Fsp3) is 0.323. The standard InChI is InChI=1S/C31H37N3O7S/c1-24-6-16-29(17-7-24)42(36,37)40-21-19-38-18-20-39-28-14-10-26(11-15-28)23-33-32-22-25-8-12-27(13-9-25)34(5)30(35)41-31(2,3)4/h6-17,22-23H,18-21H2,1-5H3/b32-22+,33-23+. The van der Waals surface area contributed by atoms with E-state index in [4.69, 9.17) is 18.4 Å². The molecule has 3 aromatic rings. The second-order valence-electron chi connectivity index (χ2n) is 10.2. The van der Waals surface area contributed by atoms with Crippen LogP contribution in [0.2, 0.25) is 0 Å². The van der Waals surface area contributed by atoms with E-state index in [9.17, 15) is 13.2 Å². The third-order valence-electron chi connectivity index (χ3n) is 5.58. The van der Waals surface area contributed by atoms with Crippen LogP contribution in [0, 0.1) is 6.92 Å². The molecule has 1 amide bonds.